The fourth-order valence-corrected chi connectivity index (χ4v) is 3.60. The third-order valence-corrected chi connectivity index (χ3v) is 4.60. The Morgan fingerprint density at radius 3 is 3.19 bits per heavy atom. The zero-order valence-corrected chi connectivity index (χ0v) is 12.9. The molecular formula is C16H20FN3S. The highest BCUT2D eigenvalue weighted by Crippen LogP contribution is 2.21. The largest absolute Gasteiger partial charge is 0.353 e. The Morgan fingerprint density at radius 1 is 1.52 bits per heavy atom. The highest BCUT2D eigenvalue weighted by molar-refractivity contribution is 7.07. The van der Waals surface area contributed by atoms with Crippen molar-refractivity contribution >= 4 is 17.2 Å². The Hall–Kier alpha value is -1.46. The number of nitrogens with one attached hydrogen (secondary N) is 1. The summed E-state index contributed by atoms with van der Waals surface area (Å²) < 4.78 is 13.8. The van der Waals surface area contributed by atoms with Crippen molar-refractivity contribution in [1.82, 2.24) is 10.3 Å². The molecule has 0 aromatic carbocycles. The zero-order valence-electron chi connectivity index (χ0n) is 12.1. The summed E-state index contributed by atoms with van der Waals surface area (Å²) in [7, 11) is 0. The summed E-state index contributed by atoms with van der Waals surface area (Å²) in [6.07, 6.45) is 3.72. The van der Waals surface area contributed by atoms with Gasteiger partial charge in [-0.1, -0.05) is 0 Å². The number of hydrogen-bond acceptors (Lipinski definition) is 4. The van der Waals surface area contributed by atoms with Crippen molar-refractivity contribution < 1.29 is 4.39 Å². The SMILES string of the molecule is C[C@@H](Cc1ccsc1)N[C@H]1CCN(c2ncccc2F)C1. The van der Waals surface area contributed by atoms with Crippen LogP contribution in [0.1, 0.15) is 18.9 Å². The van der Waals surface area contributed by atoms with E-state index in [1.165, 1.54) is 11.6 Å². The Morgan fingerprint density at radius 2 is 2.43 bits per heavy atom. The van der Waals surface area contributed by atoms with E-state index in [9.17, 15) is 4.39 Å². The monoisotopic (exact) mass is 305 g/mol. The van der Waals surface area contributed by atoms with Crippen molar-refractivity contribution in [2.75, 3.05) is 18.0 Å². The van der Waals surface area contributed by atoms with Gasteiger partial charge in [0.15, 0.2) is 11.6 Å². The van der Waals surface area contributed by atoms with E-state index in [2.05, 4.69) is 34.1 Å². The topological polar surface area (TPSA) is 28.2 Å². The highest BCUT2D eigenvalue weighted by Gasteiger charge is 2.26. The first-order valence-corrected chi connectivity index (χ1v) is 8.29. The molecule has 112 valence electrons. The summed E-state index contributed by atoms with van der Waals surface area (Å²) in [4.78, 5) is 6.19. The number of thiophene rings is 1. The Balaban J connectivity index is 1.54. The number of nitrogens with zero attached hydrogens (tertiary/aromatic N) is 2. The smallest absolute Gasteiger partial charge is 0.165 e. The van der Waals surface area contributed by atoms with Crippen LogP contribution in [0.25, 0.3) is 0 Å². The molecule has 1 fully saturated rings. The molecule has 3 nitrogen and oxygen atoms in total. The zero-order chi connectivity index (χ0) is 14.7. The number of anilines is 1. The molecule has 2 atom stereocenters. The molecule has 5 heteroatoms. The van der Waals surface area contributed by atoms with E-state index in [1.807, 2.05) is 4.90 Å². The first-order valence-electron chi connectivity index (χ1n) is 7.35. The van der Waals surface area contributed by atoms with Gasteiger partial charge >= 0.3 is 0 Å². The Kier molecular flexibility index (Phi) is 4.51. The van der Waals surface area contributed by atoms with E-state index < -0.39 is 0 Å². The number of halogens is 1. The minimum Gasteiger partial charge on any atom is -0.353 e. The van der Waals surface area contributed by atoms with Gasteiger partial charge in [0.1, 0.15) is 0 Å². The lowest BCUT2D eigenvalue weighted by molar-refractivity contribution is 0.466. The molecular weight excluding hydrogens is 285 g/mol. The summed E-state index contributed by atoms with van der Waals surface area (Å²) in [6, 6.07) is 6.11. The van der Waals surface area contributed by atoms with Gasteiger partial charge < -0.3 is 10.2 Å². The Labute approximate surface area is 128 Å². The summed E-state index contributed by atoms with van der Waals surface area (Å²) in [5.41, 5.74) is 1.38. The number of aromatic nitrogens is 1. The lowest BCUT2D eigenvalue weighted by Crippen LogP contribution is -2.39. The summed E-state index contributed by atoms with van der Waals surface area (Å²) in [5, 5.41) is 7.96. The second-order valence-electron chi connectivity index (χ2n) is 5.64. The van der Waals surface area contributed by atoms with E-state index in [0.29, 0.717) is 17.9 Å². The van der Waals surface area contributed by atoms with Crippen molar-refractivity contribution in [2.45, 2.75) is 31.8 Å². The van der Waals surface area contributed by atoms with Gasteiger partial charge in [0.2, 0.25) is 0 Å². The molecule has 0 saturated carbocycles. The standard InChI is InChI=1S/C16H20FN3S/c1-12(9-13-5-8-21-11-13)19-14-4-7-20(10-14)16-15(17)3-2-6-18-16/h2-3,5-6,8,11-12,14,19H,4,7,9-10H2,1H3/t12-,14-/m0/s1. The van der Waals surface area contributed by atoms with Crippen LogP contribution in [0.4, 0.5) is 10.2 Å². The van der Waals surface area contributed by atoms with Gasteiger partial charge in [-0.05, 0) is 54.3 Å². The van der Waals surface area contributed by atoms with Gasteiger partial charge in [-0.3, -0.25) is 0 Å². The molecule has 0 amide bonds. The van der Waals surface area contributed by atoms with Gasteiger partial charge in [-0.2, -0.15) is 11.3 Å². The first kappa shape index (κ1) is 14.5. The van der Waals surface area contributed by atoms with Gasteiger partial charge in [-0.15, -0.1) is 0 Å². The fourth-order valence-electron chi connectivity index (χ4n) is 2.92. The van der Waals surface area contributed by atoms with Crippen LogP contribution in [0.15, 0.2) is 35.2 Å². The third kappa shape index (κ3) is 3.60. The lowest BCUT2D eigenvalue weighted by Gasteiger charge is -2.21. The molecule has 0 aliphatic carbocycles. The molecule has 21 heavy (non-hydrogen) atoms. The molecule has 1 saturated heterocycles. The Bertz CT molecular complexity index is 573. The van der Waals surface area contributed by atoms with E-state index in [1.54, 1.807) is 23.6 Å². The van der Waals surface area contributed by atoms with Crippen LogP contribution >= 0.6 is 11.3 Å². The minimum atomic E-state index is -0.232. The highest BCUT2D eigenvalue weighted by atomic mass is 32.1. The van der Waals surface area contributed by atoms with E-state index in [-0.39, 0.29) is 5.82 Å². The van der Waals surface area contributed by atoms with Gasteiger partial charge in [0.25, 0.3) is 0 Å². The molecule has 2 aromatic heterocycles. The van der Waals surface area contributed by atoms with E-state index in [0.717, 1.165) is 25.9 Å². The average Bonchev–Trinajstić information content (AvgIpc) is 3.11. The van der Waals surface area contributed by atoms with Crippen molar-refractivity contribution in [3.63, 3.8) is 0 Å². The van der Waals surface area contributed by atoms with Crippen molar-refractivity contribution in [3.05, 3.63) is 46.5 Å². The van der Waals surface area contributed by atoms with Crippen LogP contribution in [0, 0.1) is 5.82 Å². The van der Waals surface area contributed by atoms with Crippen LogP contribution in [0.5, 0.6) is 0 Å². The molecule has 1 aliphatic heterocycles. The second kappa shape index (κ2) is 6.54. The van der Waals surface area contributed by atoms with Crippen LogP contribution in [0.2, 0.25) is 0 Å². The van der Waals surface area contributed by atoms with E-state index >= 15 is 0 Å². The van der Waals surface area contributed by atoms with Gasteiger partial charge in [0, 0.05) is 31.4 Å². The third-order valence-electron chi connectivity index (χ3n) is 3.87. The first-order chi connectivity index (χ1) is 10.2. The summed E-state index contributed by atoms with van der Waals surface area (Å²) in [6.45, 7) is 3.89. The number of hydrogen-bond donors (Lipinski definition) is 1. The molecule has 1 N–H and O–H groups in total. The summed E-state index contributed by atoms with van der Waals surface area (Å²) in [5.74, 6) is 0.247. The van der Waals surface area contributed by atoms with Crippen LogP contribution in [0.3, 0.4) is 0 Å². The quantitative estimate of drug-likeness (QED) is 0.920. The number of rotatable bonds is 5. The van der Waals surface area contributed by atoms with Gasteiger partial charge in [0.05, 0.1) is 0 Å². The normalized spacial score (nSPS) is 19.9. The van der Waals surface area contributed by atoms with Crippen molar-refractivity contribution in [3.8, 4) is 0 Å². The van der Waals surface area contributed by atoms with Crippen molar-refractivity contribution in [1.29, 1.82) is 0 Å². The average molecular weight is 305 g/mol. The molecule has 0 radical (unpaired) electrons. The molecule has 0 bridgehead atoms. The predicted octanol–water partition coefficient (Wildman–Crippen LogP) is 3.08. The molecule has 2 aromatic rings. The lowest BCUT2D eigenvalue weighted by atomic mass is 10.1. The maximum absolute atomic E-state index is 13.8. The molecule has 3 rings (SSSR count). The van der Waals surface area contributed by atoms with E-state index in [4.69, 9.17) is 0 Å². The van der Waals surface area contributed by atoms with Crippen LogP contribution in [-0.2, 0) is 6.42 Å². The maximum atomic E-state index is 13.8. The molecule has 0 unspecified atom stereocenters. The number of pyridine rings is 1. The predicted molar refractivity (Wildman–Crippen MR) is 85.4 cm³/mol. The molecule has 1 aliphatic rings. The van der Waals surface area contributed by atoms with Gasteiger partial charge in [-0.25, -0.2) is 9.37 Å². The van der Waals surface area contributed by atoms with Crippen LogP contribution in [-0.4, -0.2) is 30.2 Å². The summed E-state index contributed by atoms with van der Waals surface area (Å²) >= 11 is 1.74. The fraction of sp³-hybridized carbons (Fsp3) is 0.438. The minimum absolute atomic E-state index is 0.232. The van der Waals surface area contributed by atoms with Crippen LogP contribution < -0.4 is 10.2 Å². The molecule has 0 spiro atoms. The van der Waals surface area contributed by atoms with Crippen molar-refractivity contribution in [2.24, 2.45) is 0 Å². The maximum Gasteiger partial charge on any atom is 0.165 e. The second-order valence-corrected chi connectivity index (χ2v) is 6.42. The molecule has 3 heterocycles.